The van der Waals surface area contributed by atoms with Crippen LogP contribution < -0.4 is 14.8 Å². The van der Waals surface area contributed by atoms with E-state index in [0.29, 0.717) is 16.9 Å². The van der Waals surface area contributed by atoms with Crippen LogP contribution in [-0.4, -0.2) is 35.1 Å². The highest BCUT2D eigenvalue weighted by Gasteiger charge is 2.29. The molecule has 3 aromatic carbocycles. The van der Waals surface area contributed by atoms with E-state index in [1.54, 1.807) is 54.6 Å². The third-order valence-electron chi connectivity index (χ3n) is 5.02. The number of amides is 1. The molecule has 11 heteroatoms. The molecular formula is C23H22N4O5S2. The maximum Gasteiger partial charge on any atom is 0.263 e. The van der Waals surface area contributed by atoms with Crippen molar-refractivity contribution in [2.24, 2.45) is 4.99 Å². The Morgan fingerprint density at radius 1 is 0.941 bits per heavy atom. The van der Waals surface area contributed by atoms with Crippen LogP contribution in [0.1, 0.15) is 17.5 Å². The van der Waals surface area contributed by atoms with Crippen LogP contribution in [0.25, 0.3) is 0 Å². The maximum atomic E-state index is 12.5. The number of aryl methyl sites for hydroxylation is 1. The number of nitrogens with one attached hydrogen (secondary N) is 3. The van der Waals surface area contributed by atoms with Crippen molar-refractivity contribution in [1.29, 1.82) is 0 Å². The van der Waals surface area contributed by atoms with Crippen LogP contribution >= 0.6 is 0 Å². The second-order valence-corrected chi connectivity index (χ2v) is 11.0. The summed E-state index contributed by atoms with van der Waals surface area (Å²) in [5.74, 6) is -0.0971. The molecule has 0 saturated heterocycles. The van der Waals surface area contributed by atoms with Crippen molar-refractivity contribution in [2.75, 3.05) is 16.6 Å². The number of anilines is 2. The van der Waals surface area contributed by atoms with Gasteiger partial charge in [0.1, 0.15) is 5.84 Å². The number of carbonyl (C=O) groups is 1. The zero-order valence-corrected chi connectivity index (χ0v) is 19.8. The molecule has 1 aliphatic heterocycles. The largest absolute Gasteiger partial charge is 0.326 e. The highest BCUT2D eigenvalue weighted by Crippen LogP contribution is 2.22. The predicted molar refractivity (Wildman–Crippen MR) is 130 cm³/mol. The van der Waals surface area contributed by atoms with Gasteiger partial charge in [0.15, 0.2) is 0 Å². The standard InChI is InChI=1S/C23H22N4O5S2/c1-16-6-12-19(13-7-16)33(29,30)26-18-10-8-17(9-11-18)25-22(28)14-15-24-23-20-4-2-3-5-21(20)34(31,32)27-23/h2-13,26H,14-15H2,1H3,(H,24,27)(H,25,28). The average Bonchev–Trinajstić information content (AvgIpc) is 3.05. The topological polar surface area (TPSA) is 134 Å². The van der Waals surface area contributed by atoms with Gasteiger partial charge in [-0.05, 0) is 55.5 Å². The van der Waals surface area contributed by atoms with Gasteiger partial charge in [0, 0.05) is 23.4 Å². The van der Waals surface area contributed by atoms with Gasteiger partial charge in [-0.15, -0.1) is 0 Å². The molecule has 0 aromatic heterocycles. The summed E-state index contributed by atoms with van der Waals surface area (Å²) < 4.78 is 54.1. The number of aliphatic imine (C=N–C) groups is 1. The molecule has 3 N–H and O–H groups in total. The molecule has 0 radical (unpaired) electrons. The Morgan fingerprint density at radius 2 is 1.59 bits per heavy atom. The lowest BCUT2D eigenvalue weighted by atomic mass is 10.2. The van der Waals surface area contributed by atoms with Crippen LogP contribution in [0.2, 0.25) is 0 Å². The molecule has 9 nitrogen and oxygen atoms in total. The number of sulfonamides is 2. The van der Waals surface area contributed by atoms with Crippen LogP contribution in [0.4, 0.5) is 11.4 Å². The number of hydrogen-bond donors (Lipinski definition) is 3. The molecule has 0 atom stereocenters. The first-order chi connectivity index (χ1) is 16.1. The van der Waals surface area contributed by atoms with Gasteiger partial charge in [-0.25, -0.2) is 16.8 Å². The summed E-state index contributed by atoms with van der Waals surface area (Å²) in [5, 5.41) is 2.71. The summed E-state index contributed by atoms with van der Waals surface area (Å²) >= 11 is 0. The van der Waals surface area contributed by atoms with Crippen molar-refractivity contribution in [2.45, 2.75) is 23.1 Å². The normalized spacial score (nSPS) is 15.4. The minimum absolute atomic E-state index is 0.0369. The monoisotopic (exact) mass is 498 g/mol. The quantitative estimate of drug-likeness (QED) is 0.461. The Labute approximate surface area is 198 Å². The molecule has 0 saturated carbocycles. The third kappa shape index (κ3) is 5.26. The fourth-order valence-corrected chi connectivity index (χ4v) is 5.61. The molecule has 0 spiro atoms. The molecular weight excluding hydrogens is 476 g/mol. The first kappa shape index (κ1) is 23.5. The minimum Gasteiger partial charge on any atom is -0.326 e. The van der Waals surface area contributed by atoms with Gasteiger partial charge >= 0.3 is 0 Å². The van der Waals surface area contributed by atoms with E-state index in [0.717, 1.165) is 5.56 Å². The van der Waals surface area contributed by atoms with Gasteiger partial charge in [-0.3, -0.25) is 19.2 Å². The number of carbonyl (C=O) groups excluding carboxylic acids is 1. The molecule has 176 valence electrons. The molecule has 4 rings (SSSR count). The van der Waals surface area contributed by atoms with E-state index >= 15 is 0 Å². The summed E-state index contributed by atoms with van der Waals surface area (Å²) in [7, 11) is -7.34. The second kappa shape index (κ2) is 9.27. The van der Waals surface area contributed by atoms with E-state index in [2.05, 4.69) is 19.8 Å². The number of benzene rings is 3. The average molecular weight is 499 g/mol. The Morgan fingerprint density at radius 3 is 2.29 bits per heavy atom. The Kier molecular flexibility index (Phi) is 6.40. The van der Waals surface area contributed by atoms with Crippen LogP contribution in [0.15, 0.2) is 87.6 Å². The van der Waals surface area contributed by atoms with E-state index in [9.17, 15) is 21.6 Å². The van der Waals surface area contributed by atoms with Crippen LogP contribution in [0.3, 0.4) is 0 Å². The number of rotatable bonds is 7. The van der Waals surface area contributed by atoms with Gasteiger partial charge < -0.3 is 5.32 Å². The number of fused-ring (bicyclic) bond motifs is 1. The number of nitrogens with zero attached hydrogens (tertiary/aromatic N) is 1. The number of amidine groups is 1. The van der Waals surface area contributed by atoms with Crippen molar-refractivity contribution >= 4 is 43.2 Å². The van der Waals surface area contributed by atoms with E-state index in [1.165, 1.54) is 18.2 Å². The second-order valence-electron chi connectivity index (χ2n) is 7.63. The first-order valence-corrected chi connectivity index (χ1v) is 13.3. The SMILES string of the molecule is Cc1ccc(S(=O)(=O)Nc2ccc(NC(=O)CCN=C3NS(=O)(=O)c4ccccc43)cc2)cc1. The van der Waals surface area contributed by atoms with Gasteiger partial charge in [0.25, 0.3) is 20.0 Å². The Bertz CT molecular complexity index is 1460. The molecule has 0 unspecified atom stereocenters. The summed E-state index contributed by atoms with van der Waals surface area (Å²) in [5.41, 5.74) is 2.28. The fraction of sp³-hybridized carbons (Fsp3) is 0.130. The minimum atomic E-state index is -3.72. The molecule has 0 aliphatic carbocycles. The Hall–Kier alpha value is -3.70. The highest BCUT2D eigenvalue weighted by molar-refractivity contribution is 7.92. The molecule has 0 bridgehead atoms. The number of hydrogen-bond acceptors (Lipinski definition) is 6. The van der Waals surface area contributed by atoms with Gasteiger partial charge in [0.05, 0.1) is 16.3 Å². The smallest absolute Gasteiger partial charge is 0.263 e. The highest BCUT2D eigenvalue weighted by atomic mass is 32.2. The molecule has 34 heavy (non-hydrogen) atoms. The van der Waals surface area contributed by atoms with Crippen LogP contribution in [0, 0.1) is 6.92 Å². The third-order valence-corrected chi connectivity index (χ3v) is 7.82. The van der Waals surface area contributed by atoms with Gasteiger partial charge in [-0.2, -0.15) is 0 Å². The lowest BCUT2D eigenvalue weighted by molar-refractivity contribution is -0.116. The van der Waals surface area contributed by atoms with Gasteiger partial charge in [0.2, 0.25) is 5.91 Å². The summed E-state index contributed by atoms with van der Waals surface area (Å²) in [4.78, 5) is 16.8. The van der Waals surface area contributed by atoms with Crippen molar-refractivity contribution in [3.8, 4) is 0 Å². The van der Waals surface area contributed by atoms with Crippen LogP contribution in [0.5, 0.6) is 0 Å². The van der Waals surface area contributed by atoms with Crippen molar-refractivity contribution in [1.82, 2.24) is 4.72 Å². The van der Waals surface area contributed by atoms with Crippen molar-refractivity contribution in [3.05, 3.63) is 83.9 Å². The maximum absolute atomic E-state index is 12.5. The Balaban J connectivity index is 1.33. The summed E-state index contributed by atoms with van der Waals surface area (Å²) in [6.45, 7) is 1.96. The summed E-state index contributed by atoms with van der Waals surface area (Å²) in [6, 6.07) is 19.3. The molecule has 1 aliphatic rings. The van der Waals surface area contributed by atoms with E-state index in [1.807, 2.05) is 6.92 Å². The molecule has 3 aromatic rings. The van der Waals surface area contributed by atoms with E-state index < -0.39 is 20.0 Å². The zero-order valence-electron chi connectivity index (χ0n) is 18.1. The van der Waals surface area contributed by atoms with E-state index in [-0.39, 0.29) is 34.5 Å². The fourth-order valence-electron chi connectivity index (χ4n) is 3.30. The molecule has 1 amide bonds. The first-order valence-electron chi connectivity index (χ1n) is 10.3. The predicted octanol–water partition coefficient (Wildman–Crippen LogP) is 2.86. The van der Waals surface area contributed by atoms with Crippen molar-refractivity contribution in [3.63, 3.8) is 0 Å². The van der Waals surface area contributed by atoms with Crippen LogP contribution in [-0.2, 0) is 24.8 Å². The molecule has 1 heterocycles. The zero-order chi connectivity index (χ0) is 24.3. The lowest BCUT2D eigenvalue weighted by Crippen LogP contribution is -2.23. The van der Waals surface area contributed by atoms with Gasteiger partial charge in [-0.1, -0.05) is 29.8 Å². The van der Waals surface area contributed by atoms with E-state index in [4.69, 9.17) is 0 Å². The van der Waals surface area contributed by atoms with Crippen molar-refractivity contribution < 1.29 is 21.6 Å². The lowest BCUT2D eigenvalue weighted by Gasteiger charge is -2.10. The molecule has 0 fully saturated rings. The summed E-state index contributed by atoms with van der Waals surface area (Å²) in [6.07, 6.45) is 0.0369.